The summed E-state index contributed by atoms with van der Waals surface area (Å²) in [7, 11) is 0. The fourth-order valence-electron chi connectivity index (χ4n) is 3.68. The highest BCUT2D eigenvalue weighted by Crippen LogP contribution is 2.21. The van der Waals surface area contributed by atoms with Crippen LogP contribution in [0.4, 0.5) is 0 Å². The smallest absolute Gasteiger partial charge is 0.237 e. The van der Waals surface area contributed by atoms with Gasteiger partial charge in [0.2, 0.25) is 5.91 Å². The van der Waals surface area contributed by atoms with Gasteiger partial charge in [-0.25, -0.2) is 0 Å². The van der Waals surface area contributed by atoms with Gasteiger partial charge in [-0.2, -0.15) is 0 Å². The first-order valence-corrected chi connectivity index (χ1v) is 9.31. The summed E-state index contributed by atoms with van der Waals surface area (Å²) < 4.78 is 0. The molecule has 0 spiro atoms. The van der Waals surface area contributed by atoms with E-state index < -0.39 is 6.04 Å². The SMILES string of the molecule is CC(C)(CNC(=O)[C@@H](N)Cc1c[nH]c2ccccc12)N1CCCCC1. The number of piperidine rings is 1. The van der Waals surface area contributed by atoms with E-state index in [1.165, 1.54) is 19.3 Å². The monoisotopic (exact) mass is 342 g/mol. The highest BCUT2D eigenvalue weighted by atomic mass is 16.2. The Balaban J connectivity index is 1.55. The van der Waals surface area contributed by atoms with Crippen LogP contribution in [0.15, 0.2) is 30.5 Å². The molecule has 2 heterocycles. The van der Waals surface area contributed by atoms with E-state index >= 15 is 0 Å². The summed E-state index contributed by atoms with van der Waals surface area (Å²) in [5.74, 6) is -0.0737. The molecule has 1 aromatic heterocycles. The molecule has 1 aromatic carbocycles. The number of amides is 1. The third kappa shape index (κ3) is 4.22. The Hall–Kier alpha value is -1.85. The minimum absolute atomic E-state index is 0.0312. The van der Waals surface area contributed by atoms with E-state index in [1.54, 1.807) is 0 Å². The Morgan fingerprint density at radius 1 is 1.28 bits per heavy atom. The van der Waals surface area contributed by atoms with Gasteiger partial charge in [0.05, 0.1) is 6.04 Å². The van der Waals surface area contributed by atoms with Crippen LogP contribution in [0.5, 0.6) is 0 Å². The molecule has 25 heavy (non-hydrogen) atoms. The predicted octanol–water partition coefficient (Wildman–Crippen LogP) is 2.42. The van der Waals surface area contributed by atoms with E-state index in [0.717, 1.165) is 29.6 Å². The molecule has 1 aliphatic rings. The molecule has 1 aliphatic heterocycles. The number of benzene rings is 1. The molecule has 4 N–H and O–H groups in total. The molecule has 0 radical (unpaired) electrons. The first-order chi connectivity index (χ1) is 12.0. The lowest BCUT2D eigenvalue weighted by molar-refractivity contribution is -0.123. The maximum atomic E-state index is 12.5. The number of aromatic nitrogens is 1. The van der Waals surface area contributed by atoms with Crippen molar-refractivity contribution >= 4 is 16.8 Å². The molecule has 136 valence electrons. The maximum Gasteiger partial charge on any atom is 0.237 e. The topological polar surface area (TPSA) is 74.1 Å². The van der Waals surface area contributed by atoms with Crippen molar-refractivity contribution in [2.45, 2.75) is 51.1 Å². The van der Waals surface area contributed by atoms with Crippen LogP contribution in [0.1, 0.15) is 38.7 Å². The predicted molar refractivity (Wildman–Crippen MR) is 102 cm³/mol. The summed E-state index contributed by atoms with van der Waals surface area (Å²) in [6, 6.07) is 7.57. The summed E-state index contributed by atoms with van der Waals surface area (Å²) in [5.41, 5.74) is 8.31. The fourth-order valence-corrected chi connectivity index (χ4v) is 3.68. The van der Waals surface area contributed by atoms with Crippen LogP contribution in [0.25, 0.3) is 10.9 Å². The van der Waals surface area contributed by atoms with Crippen LogP contribution >= 0.6 is 0 Å². The van der Waals surface area contributed by atoms with Gasteiger partial charge < -0.3 is 16.0 Å². The summed E-state index contributed by atoms with van der Waals surface area (Å²) in [6.07, 6.45) is 6.30. The van der Waals surface area contributed by atoms with Crippen molar-refractivity contribution < 1.29 is 4.79 Å². The number of hydrogen-bond donors (Lipinski definition) is 3. The fraction of sp³-hybridized carbons (Fsp3) is 0.550. The van der Waals surface area contributed by atoms with Crippen molar-refractivity contribution in [1.29, 1.82) is 0 Å². The van der Waals surface area contributed by atoms with Gasteiger partial charge in [-0.3, -0.25) is 9.69 Å². The number of carbonyl (C=O) groups is 1. The number of aromatic amines is 1. The molecule has 0 unspecified atom stereocenters. The van der Waals surface area contributed by atoms with Gasteiger partial charge in [0.1, 0.15) is 0 Å². The highest BCUT2D eigenvalue weighted by molar-refractivity contribution is 5.86. The Bertz CT molecular complexity index is 715. The van der Waals surface area contributed by atoms with Gasteiger partial charge in [0, 0.05) is 29.2 Å². The molecule has 0 saturated carbocycles. The van der Waals surface area contributed by atoms with Crippen LogP contribution in [-0.2, 0) is 11.2 Å². The number of H-pyrrole nitrogens is 1. The lowest BCUT2D eigenvalue weighted by atomic mass is 9.98. The summed E-state index contributed by atoms with van der Waals surface area (Å²) in [4.78, 5) is 18.2. The van der Waals surface area contributed by atoms with E-state index in [0.29, 0.717) is 13.0 Å². The molecule has 1 fully saturated rings. The third-order valence-corrected chi connectivity index (χ3v) is 5.36. The van der Waals surface area contributed by atoms with Crippen LogP contribution in [0, 0.1) is 0 Å². The van der Waals surface area contributed by atoms with Crippen molar-refractivity contribution in [3.8, 4) is 0 Å². The lowest BCUT2D eigenvalue weighted by Crippen LogP contribution is -2.55. The molecule has 3 rings (SSSR count). The van der Waals surface area contributed by atoms with E-state index in [2.05, 4.69) is 35.1 Å². The Labute approximate surface area is 150 Å². The number of likely N-dealkylation sites (tertiary alicyclic amines) is 1. The molecule has 5 heteroatoms. The Morgan fingerprint density at radius 2 is 2.00 bits per heavy atom. The van der Waals surface area contributed by atoms with Gasteiger partial charge in [0.15, 0.2) is 0 Å². The number of nitrogens with one attached hydrogen (secondary N) is 2. The van der Waals surface area contributed by atoms with Gasteiger partial charge in [-0.05, 0) is 57.8 Å². The van der Waals surface area contributed by atoms with Gasteiger partial charge >= 0.3 is 0 Å². The maximum absolute atomic E-state index is 12.5. The second kappa shape index (κ2) is 7.58. The number of fused-ring (bicyclic) bond motifs is 1. The first-order valence-electron chi connectivity index (χ1n) is 9.31. The van der Waals surface area contributed by atoms with Gasteiger partial charge in [-0.1, -0.05) is 24.6 Å². The van der Waals surface area contributed by atoms with Gasteiger partial charge in [-0.15, -0.1) is 0 Å². The molecule has 5 nitrogen and oxygen atoms in total. The molecule has 0 aliphatic carbocycles. The Kier molecular flexibility index (Phi) is 5.45. The van der Waals surface area contributed by atoms with Crippen molar-refractivity contribution in [3.63, 3.8) is 0 Å². The van der Waals surface area contributed by atoms with Crippen molar-refractivity contribution in [3.05, 3.63) is 36.0 Å². The van der Waals surface area contributed by atoms with Crippen molar-refractivity contribution in [2.24, 2.45) is 5.73 Å². The minimum atomic E-state index is -0.531. The second-order valence-electron chi connectivity index (χ2n) is 7.75. The zero-order valence-corrected chi connectivity index (χ0v) is 15.3. The number of nitrogens with two attached hydrogens (primary N) is 1. The second-order valence-corrected chi connectivity index (χ2v) is 7.75. The van der Waals surface area contributed by atoms with E-state index in [1.807, 2.05) is 24.4 Å². The number of nitrogens with zero attached hydrogens (tertiary/aromatic N) is 1. The van der Waals surface area contributed by atoms with Crippen molar-refractivity contribution in [2.75, 3.05) is 19.6 Å². The molecule has 1 saturated heterocycles. The largest absolute Gasteiger partial charge is 0.361 e. The number of hydrogen-bond acceptors (Lipinski definition) is 3. The van der Waals surface area contributed by atoms with Gasteiger partial charge in [0.25, 0.3) is 0 Å². The average molecular weight is 342 g/mol. The van der Waals surface area contributed by atoms with E-state index in [-0.39, 0.29) is 11.4 Å². The quantitative estimate of drug-likeness (QED) is 0.755. The van der Waals surface area contributed by atoms with Crippen LogP contribution in [0.3, 0.4) is 0 Å². The van der Waals surface area contributed by atoms with Crippen LogP contribution in [0.2, 0.25) is 0 Å². The molecule has 0 bridgehead atoms. The first kappa shape index (κ1) is 18.0. The molecule has 1 amide bonds. The number of carbonyl (C=O) groups excluding carboxylic acids is 1. The number of rotatable bonds is 6. The zero-order valence-electron chi connectivity index (χ0n) is 15.3. The van der Waals surface area contributed by atoms with Crippen LogP contribution in [-0.4, -0.2) is 47.0 Å². The lowest BCUT2D eigenvalue weighted by Gasteiger charge is -2.41. The third-order valence-electron chi connectivity index (χ3n) is 5.36. The summed E-state index contributed by atoms with van der Waals surface area (Å²) in [6.45, 7) is 7.26. The summed E-state index contributed by atoms with van der Waals surface area (Å²) in [5, 5.41) is 4.20. The standard InChI is InChI=1S/C20H30N4O/c1-20(2,24-10-6-3-7-11-24)14-23-19(25)17(21)12-15-13-22-18-9-5-4-8-16(15)18/h4-5,8-9,13,17,22H,3,6-7,10-12,14,21H2,1-2H3,(H,23,25)/t17-/m0/s1. The molecular weight excluding hydrogens is 312 g/mol. The number of para-hydroxylation sites is 1. The molecule has 1 atom stereocenters. The summed E-state index contributed by atoms with van der Waals surface area (Å²) >= 11 is 0. The molecule has 2 aromatic rings. The van der Waals surface area contributed by atoms with Crippen LogP contribution < -0.4 is 11.1 Å². The average Bonchev–Trinajstić information content (AvgIpc) is 3.03. The molecular formula is C20H30N4O. The zero-order chi connectivity index (χ0) is 17.9. The normalized spacial score (nSPS) is 17.6. The minimum Gasteiger partial charge on any atom is -0.361 e. The Morgan fingerprint density at radius 3 is 2.76 bits per heavy atom. The van der Waals surface area contributed by atoms with E-state index in [9.17, 15) is 4.79 Å². The van der Waals surface area contributed by atoms with E-state index in [4.69, 9.17) is 5.73 Å². The highest BCUT2D eigenvalue weighted by Gasteiger charge is 2.29. The van der Waals surface area contributed by atoms with Crippen molar-refractivity contribution in [1.82, 2.24) is 15.2 Å².